The molecule has 0 aromatic heterocycles. The van der Waals surface area contributed by atoms with Gasteiger partial charge < -0.3 is 4.74 Å². The van der Waals surface area contributed by atoms with Gasteiger partial charge in [-0.25, -0.2) is 0 Å². The van der Waals surface area contributed by atoms with Crippen LogP contribution in [0.4, 0.5) is 0 Å². The van der Waals surface area contributed by atoms with Crippen LogP contribution in [-0.4, -0.2) is 12.1 Å². The van der Waals surface area contributed by atoms with Gasteiger partial charge in [-0.05, 0) is 115 Å². The molecule has 0 aromatic rings. The lowest BCUT2D eigenvalue weighted by Gasteiger charge is -2.69. The second-order valence-electron chi connectivity index (χ2n) is 23.7. The van der Waals surface area contributed by atoms with E-state index in [9.17, 15) is 4.79 Å². The minimum Gasteiger partial charge on any atom is -0.462 e. The highest BCUT2D eigenvalue weighted by Gasteiger charge is 2.68. The van der Waals surface area contributed by atoms with Gasteiger partial charge in [0, 0.05) is 11.8 Å². The highest BCUT2D eigenvalue weighted by atomic mass is 16.5. The number of unbranched alkanes of at least 4 members (excludes halogenated alkanes) is 22. The van der Waals surface area contributed by atoms with Crippen molar-refractivity contribution in [2.24, 2.45) is 56.7 Å². The van der Waals surface area contributed by atoms with E-state index in [0.717, 1.165) is 36.5 Å². The number of esters is 1. The molecular formula is C56H100O2. The third kappa shape index (κ3) is 11.0. The molecule has 0 spiro atoms. The van der Waals surface area contributed by atoms with Crippen molar-refractivity contribution < 1.29 is 9.53 Å². The van der Waals surface area contributed by atoms with Gasteiger partial charge in [-0.1, -0.05) is 215 Å². The van der Waals surface area contributed by atoms with E-state index in [0.29, 0.717) is 28.6 Å². The molecule has 0 aliphatic heterocycles. The van der Waals surface area contributed by atoms with Crippen LogP contribution in [0, 0.1) is 56.7 Å². The van der Waals surface area contributed by atoms with Crippen molar-refractivity contribution in [3.63, 3.8) is 0 Å². The van der Waals surface area contributed by atoms with E-state index < -0.39 is 0 Å². The van der Waals surface area contributed by atoms with E-state index in [2.05, 4.69) is 68.4 Å². The van der Waals surface area contributed by atoms with E-state index in [-0.39, 0.29) is 22.9 Å². The van der Waals surface area contributed by atoms with Gasteiger partial charge in [-0.15, -0.1) is 0 Å². The Balaban J connectivity index is 0.925. The molecule has 5 aliphatic carbocycles. The standard InChI is InChI=1S/C56H100O2/c1-10-11-12-13-14-15-16-17-18-19-20-21-22-23-24-25-26-27-28-29-30-31-32-33-50(57)58-49-38-40-54(7)46-37-41-56(9)51-45(44(2)3)36-39-53(51,6)42-43-55(56,8)47(46)34-35-48(54)52(49,4)5/h37,44-45,47-49,51H,10-36,38-43H2,1-9H3/t45-,47+,48-,49-,51-,53-,54+,55-,56+/m0/s1. The molecule has 5 rings (SSSR count). The normalized spacial score (nSPS) is 35.2. The van der Waals surface area contributed by atoms with Crippen molar-refractivity contribution in [1.82, 2.24) is 0 Å². The van der Waals surface area contributed by atoms with E-state index in [1.165, 1.54) is 193 Å². The summed E-state index contributed by atoms with van der Waals surface area (Å²) in [5, 5.41) is 0. The lowest BCUT2D eigenvalue weighted by molar-refractivity contribution is -0.182. The number of hydrogen-bond donors (Lipinski definition) is 0. The average molecular weight is 805 g/mol. The van der Waals surface area contributed by atoms with E-state index in [1.807, 2.05) is 5.57 Å². The molecular weight excluding hydrogens is 705 g/mol. The fourth-order valence-corrected chi connectivity index (χ4v) is 15.5. The second-order valence-corrected chi connectivity index (χ2v) is 23.7. The predicted octanol–water partition coefficient (Wildman–Crippen LogP) is 18.0. The number of hydrogen-bond acceptors (Lipinski definition) is 2. The van der Waals surface area contributed by atoms with Crippen LogP contribution in [0.1, 0.15) is 274 Å². The Hall–Kier alpha value is -0.790. The van der Waals surface area contributed by atoms with Crippen molar-refractivity contribution in [1.29, 1.82) is 0 Å². The molecule has 0 saturated heterocycles. The number of carbonyl (C=O) groups excluding carboxylic acids is 1. The zero-order valence-corrected chi connectivity index (χ0v) is 40.7. The van der Waals surface area contributed by atoms with Crippen molar-refractivity contribution in [2.45, 2.75) is 280 Å². The Morgan fingerprint density at radius 2 is 1.10 bits per heavy atom. The van der Waals surface area contributed by atoms with E-state index in [1.54, 1.807) is 0 Å². The van der Waals surface area contributed by atoms with Crippen LogP contribution >= 0.6 is 0 Å². The highest BCUT2D eigenvalue weighted by Crippen LogP contribution is 2.76. The molecule has 0 N–H and O–H groups in total. The fourth-order valence-electron chi connectivity index (χ4n) is 15.5. The molecule has 0 bridgehead atoms. The van der Waals surface area contributed by atoms with Crippen LogP contribution in [0.15, 0.2) is 11.6 Å². The number of rotatable bonds is 26. The van der Waals surface area contributed by atoms with Gasteiger partial charge in [0.1, 0.15) is 6.10 Å². The number of ether oxygens (including phenoxy) is 1. The van der Waals surface area contributed by atoms with Gasteiger partial charge in [0.05, 0.1) is 0 Å². The summed E-state index contributed by atoms with van der Waals surface area (Å²) in [6, 6.07) is 0. The van der Waals surface area contributed by atoms with Crippen LogP contribution in [0.5, 0.6) is 0 Å². The van der Waals surface area contributed by atoms with E-state index in [4.69, 9.17) is 4.74 Å². The van der Waals surface area contributed by atoms with Crippen LogP contribution in [-0.2, 0) is 9.53 Å². The summed E-state index contributed by atoms with van der Waals surface area (Å²) in [5.41, 5.74) is 3.40. The first-order valence-corrected chi connectivity index (χ1v) is 26.6. The van der Waals surface area contributed by atoms with Gasteiger partial charge in [0.25, 0.3) is 0 Å². The van der Waals surface area contributed by atoms with Gasteiger partial charge >= 0.3 is 5.97 Å². The van der Waals surface area contributed by atoms with Crippen LogP contribution in [0.2, 0.25) is 0 Å². The molecule has 0 amide bonds. The van der Waals surface area contributed by atoms with Crippen molar-refractivity contribution >= 4 is 5.97 Å². The maximum Gasteiger partial charge on any atom is 0.306 e. The first kappa shape index (κ1) is 48.2. The monoisotopic (exact) mass is 805 g/mol. The summed E-state index contributed by atoms with van der Waals surface area (Å²) in [6.45, 7) is 23.1. The van der Waals surface area contributed by atoms with Crippen LogP contribution < -0.4 is 0 Å². The third-order valence-corrected chi connectivity index (χ3v) is 19.3. The summed E-state index contributed by atoms with van der Waals surface area (Å²) in [4.78, 5) is 13.3. The van der Waals surface area contributed by atoms with Gasteiger partial charge in [-0.3, -0.25) is 4.79 Å². The lowest BCUT2D eigenvalue weighted by Crippen LogP contribution is -2.62. The first-order valence-electron chi connectivity index (χ1n) is 26.6. The minimum absolute atomic E-state index is 0.0157. The maximum absolute atomic E-state index is 13.3. The Morgan fingerprint density at radius 1 is 0.603 bits per heavy atom. The van der Waals surface area contributed by atoms with E-state index >= 15 is 0 Å². The van der Waals surface area contributed by atoms with Gasteiger partial charge in [-0.2, -0.15) is 0 Å². The molecule has 0 radical (unpaired) electrons. The smallest absolute Gasteiger partial charge is 0.306 e. The topological polar surface area (TPSA) is 26.3 Å². The molecule has 4 fully saturated rings. The molecule has 0 unspecified atom stereocenters. The first-order chi connectivity index (χ1) is 27.7. The third-order valence-electron chi connectivity index (χ3n) is 19.3. The minimum atomic E-state index is 0.0157. The molecule has 0 aromatic carbocycles. The van der Waals surface area contributed by atoms with Crippen LogP contribution in [0.25, 0.3) is 0 Å². The van der Waals surface area contributed by atoms with Crippen molar-refractivity contribution in [3.05, 3.63) is 11.6 Å². The number of allylic oxidation sites excluding steroid dienone is 2. The summed E-state index contributed by atoms with van der Waals surface area (Å²) in [6.07, 6.45) is 47.5. The summed E-state index contributed by atoms with van der Waals surface area (Å²) >= 11 is 0. The summed E-state index contributed by atoms with van der Waals surface area (Å²) in [5.74, 6) is 3.90. The largest absolute Gasteiger partial charge is 0.462 e. The van der Waals surface area contributed by atoms with Gasteiger partial charge in [0.15, 0.2) is 0 Å². The second kappa shape index (κ2) is 22.0. The molecule has 2 nitrogen and oxygen atoms in total. The Bertz CT molecular complexity index is 1260. The molecule has 2 heteroatoms. The van der Waals surface area contributed by atoms with Gasteiger partial charge in [0.2, 0.25) is 0 Å². The summed E-state index contributed by atoms with van der Waals surface area (Å²) in [7, 11) is 0. The Kier molecular flexibility index (Phi) is 18.3. The quantitative estimate of drug-likeness (QED) is 0.0494. The maximum atomic E-state index is 13.3. The highest BCUT2D eigenvalue weighted by molar-refractivity contribution is 5.69. The zero-order chi connectivity index (χ0) is 41.9. The molecule has 0 heterocycles. The number of carbonyl (C=O) groups is 1. The van der Waals surface area contributed by atoms with Crippen molar-refractivity contribution in [3.8, 4) is 0 Å². The predicted molar refractivity (Wildman–Crippen MR) is 251 cm³/mol. The Labute approximate surface area is 362 Å². The molecule has 5 aliphatic rings. The SMILES string of the molecule is CCCCCCCCCCCCCCCCCCCCCCCCCC(=O)O[C@H]1CC[C@]2(C)C3=CC[C@]4(C)[C@H]5[C@H](C(C)C)CC[C@@]5(C)CC[C@@]4(C)[C@@H]3CC[C@H]2C1(C)C. The zero-order valence-electron chi connectivity index (χ0n) is 40.7. The lowest BCUT2D eigenvalue weighted by atomic mass is 9.35. The number of fused-ring (bicyclic) bond motifs is 7. The Morgan fingerprint density at radius 3 is 1.60 bits per heavy atom. The van der Waals surface area contributed by atoms with Crippen molar-refractivity contribution in [2.75, 3.05) is 0 Å². The molecule has 9 atom stereocenters. The average Bonchev–Trinajstić information content (AvgIpc) is 3.56. The molecule has 336 valence electrons. The summed E-state index contributed by atoms with van der Waals surface area (Å²) < 4.78 is 6.44. The molecule has 4 saturated carbocycles. The fraction of sp³-hybridized carbons (Fsp3) is 0.946. The molecule has 58 heavy (non-hydrogen) atoms. The van der Waals surface area contributed by atoms with Crippen LogP contribution in [0.3, 0.4) is 0 Å².